The number of fused-ring (bicyclic) bond motifs is 7. The van der Waals surface area contributed by atoms with Gasteiger partial charge in [-0.15, -0.1) is 21.5 Å². The topological polar surface area (TPSA) is 77.2 Å². The average Bonchev–Trinajstić information content (AvgIpc) is 3.43. The second kappa shape index (κ2) is 7.94. The third kappa shape index (κ3) is 3.14. The van der Waals surface area contributed by atoms with Gasteiger partial charge in [0.25, 0.3) is 0 Å². The molecule has 1 aliphatic rings. The van der Waals surface area contributed by atoms with E-state index in [1.807, 2.05) is 10.7 Å². The molecule has 0 aromatic carbocycles. The Morgan fingerprint density at radius 3 is 2.80 bits per heavy atom. The molecule has 0 saturated heterocycles. The van der Waals surface area contributed by atoms with E-state index in [4.69, 9.17) is 14.7 Å². The molecule has 0 bridgehead atoms. The second-order valence-electron chi connectivity index (χ2n) is 8.13. The number of pyridine rings is 1. The van der Waals surface area contributed by atoms with E-state index < -0.39 is 0 Å². The minimum atomic E-state index is 0.594. The maximum absolute atomic E-state index is 5.22. The van der Waals surface area contributed by atoms with Gasteiger partial charge in [0.05, 0.1) is 12.1 Å². The van der Waals surface area contributed by atoms with Gasteiger partial charge in [-0.25, -0.2) is 14.4 Å². The first-order valence-corrected chi connectivity index (χ1v) is 12.4. The van der Waals surface area contributed by atoms with Crippen LogP contribution < -0.4 is 5.32 Å². The van der Waals surface area contributed by atoms with Crippen LogP contribution in [-0.4, -0.2) is 51.1 Å². The number of thioether (sulfide) groups is 1. The van der Waals surface area contributed by atoms with E-state index in [1.54, 1.807) is 30.2 Å². The zero-order chi connectivity index (χ0) is 20.8. The third-order valence-electron chi connectivity index (χ3n) is 5.61. The lowest BCUT2D eigenvalue weighted by atomic mass is 9.99. The third-order valence-corrected chi connectivity index (χ3v) is 7.31. The quantitative estimate of drug-likeness (QED) is 0.337. The van der Waals surface area contributed by atoms with Crippen molar-refractivity contribution in [1.29, 1.82) is 0 Å². The maximum atomic E-state index is 5.22. The van der Waals surface area contributed by atoms with E-state index in [-0.39, 0.29) is 0 Å². The summed E-state index contributed by atoms with van der Waals surface area (Å²) in [6.45, 7) is 5.81. The van der Waals surface area contributed by atoms with Crippen molar-refractivity contribution in [1.82, 2.24) is 24.6 Å². The van der Waals surface area contributed by atoms with Crippen molar-refractivity contribution in [2.24, 2.45) is 5.92 Å². The molecule has 1 aliphatic carbocycles. The molecule has 0 radical (unpaired) electrons. The van der Waals surface area contributed by atoms with E-state index >= 15 is 0 Å². The first kappa shape index (κ1) is 20.0. The van der Waals surface area contributed by atoms with E-state index in [0.29, 0.717) is 19.1 Å². The van der Waals surface area contributed by atoms with Gasteiger partial charge < -0.3 is 10.1 Å². The van der Waals surface area contributed by atoms with Crippen molar-refractivity contribution in [3.05, 3.63) is 16.8 Å². The van der Waals surface area contributed by atoms with Gasteiger partial charge in [0.2, 0.25) is 5.95 Å². The summed E-state index contributed by atoms with van der Waals surface area (Å²) < 4.78 is 8.31. The van der Waals surface area contributed by atoms with E-state index in [9.17, 15) is 0 Å². The van der Waals surface area contributed by atoms with Gasteiger partial charge in [0.1, 0.15) is 9.53 Å². The molecule has 0 aliphatic heterocycles. The number of nitrogens with one attached hydrogen (secondary N) is 1. The monoisotopic (exact) mass is 442 g/mol. The molecule has 30 heavy (non-hydrogen) atoms. The number of methoxy groups -OCH3 is 1. The van der Waals surface area contributed by atoms with Gasteiger partial charge in [-0.2, -0.15) is 0 Å². The molecule has 0 amide bonds. The Bertz CT molecular complexity index is 1250. The van der Waals surface area contributed by atoms with Crippen molar-refractivity contribution in [3.8, 4) is 0 Å². The van der Waals surface area contributed by atoms with Gasteiger partial charge in [-0.3, -0.25) is 0 Å². The smallest absolute Gasteiger partial charge is 0.211 e. The van der Waals surface area contributed by atoms with E-state index in [1.165, 1.54) is 28.6 Å². The lowest BCUT2D eigenvalue weighted by Crippen LogP contribution is -2.12. The summed E-state index contributed by atoms with van der Waals surface area (Å²) >= 11 is 3.27. The zero-order valence-corrected chi connectivity index (χ0v) is 19.4. The van der Waals surface area contributed by atoms with Crippen LogP contribution in [0.25, 0.3) is 26.1 Å². The molecule has 7 nitrogen and oxygen atoms in total. The lowest BCUT2D eigenvalue weighted by molar-refractivity contribution is 0.210. The van der Waals surface area contributed by atoms with Crippen LogP contribution in [0.3, 0.4) is 0 Å². The minimum absolute atomic E-state index is 0.594. The second-order valence-corrected chi connectivity index (χ2v) is 9.90. The first-order chi connectivity index (χ1) is 14.6. The highest BCUT2D eigenvalue weighted by Gasteiger charge is 2.26. The van der Waals surface area contributed by atoms with Crippen LogP contribution in [0.4, 0.5) is 5.95 Å². The van der Waals surface area contributed by atoms with Gasteiger partial charge in [-0.1, -0.05) is 25.6 Å². The Hall–Kier alpha value is -1.97. The normalized spacial score (nSPS) is 13.9. The first-order valence-electron chi connectivity index (χ1n) is 10.4. The van der Waals surface area contributed by atoms with Crippen LogP contribution in [0.5, 0.6) is 0 Å². The van der Waals surface area contributed by atoms with Gasteiger partial charge in [0, 0.05) is 24.7 Å². The highest BCUT2D eigenvalue weighted by Crippen LogP contribution is 2.42. The summed E-state index contributed by atoms with van der Waals surface area (Å²) in [6, 6.07) is 0. The fourth-order valence-electron chi connectivity index (χ4n) is 4.38. The predicted octanol–water partition coefficient (Wildman–Crippen LogP) is 4.35. The highest BCUT2D eigenvalue weighted by atomic mass is 32.2. The number of hydrogen-bond donors (Lipinski definition) is 1. The van der Waals surface area contributed by atoms with Gasteiger partial charge >= 0.3 is 0 Å². The van der Waals surface area contributed by atoms with Crippen molar-refractivity contribution < 1.29 is 4.74 Å². The maximum Gasteiger partial charge on any atom is 0.211 e. The summed E-state index contributed by atoms with van der Waals surface area (Å²) in [7, 11) is 1.70. The van der Waals surface area contributed by atoms with Crippen LogP contribution in [0, 0.1) is 5.92 Å². The Morgan fingerprint density at radius 2 is 2.03 bits per heavy atom. The Labute approximate surface area is 183 Å². The van der Waals surface area contributed by atoms with Crippen LogP contribution >= 0.6 is 23.1 Å². The molecule has 1 N–H and O–H groups in total. The number of ether oxygens (including phenoxy) is 1. The number of aryl methyl sites for hydroxylation is 1. The number of rotatable bonds is 7. The standard InChI is InChI=1S/C21H26N6OS2/c1-11(2)10-14-12-6-5-7-13(12)15-16-17(30-19(15)23-14)18-25-26-21(29-4)27(18)20(24-16)22-8-9-28-3/h11H,5-10H2,1-4H3,(H,22,24). The van der Waals surface area contributed by atoms with Gasteiger partial charge in [0.15, 0.2) is 10.8 Å². The van der Waals surface area contributed by atoms with E-state index in [2.05, 4.69) is 29.4 Å². The van der Waals surface area contributed by atoms with Crippen molar-refractivity contribution in [2.45, 2.75) is 44.7 Å². The van der Waals surface area contributed by atoms with Crippen molar-refractivity contribution in [3.63, 3.8) is 0 Å². The molecule has 0 atom stereocenters. The summed E-state index contributed by atoms with van der Waals surface area (Å²) in [5.41, 5.74) is 6.04. The largest absolute Gasteiger partial charge is 0.383 e. The number of anilines is 1. The van der Waals surface area contributed by atoms with Crippen LogP contribution in [0.15, 0.2) is 5.16 Å². The molecule has 4 aromatic rings. The molecular weight excluding hydrogens is 416 g/mol. The van der Waals surface area contributed by atoms with Crippen molar-refractivity contribution in [2.75, 3.05) is 31.8 Å². The molecule has 0 fully saturated rings. The SMILES string of the molecule is COCCNc1nc2c(sc3nc(CC(C)C)c4c(c32)CCC4)c2nnc(SC)n12. The lowest BCUT2D eigenvalue weighted by Gasteiger charge is -2.12. The average molecular weight is 443 g/mol. The molecule has 0 unspecified atom stereocenters. The highest BCUT2D eigenvalue weighted by molar-refractivity contribution is 7.98. The molecule has 0 saturated carbocycles. The predicted molar refractivity (Wildman–Crippen MR) is 124 cm³/mol. The number of thiophene rings is 1. The summed E-state index contributed by atoms with van der Waals surface area (Å²) in [6.07, 6.45) is 6.47. The number of hydrogen-bond acceptors (Lipinski definition) is 8. The molecular formula is C21H26N6OS2. The molecule has 158 valence electrons. The molecule has 0 spiro atoms. The summed E-state index contributed by atoms with van der Waals surface area (Å²) in [5.74, 6) is 1.36. The van der Waals surface area contributed by atoms with Crippen LogP contribution in [0.2, 0.25) is 0 Å². The molecule has 9 heteroatoms. The molecule has 4 aromatic heterocycles. The number of nitrogens with zero attached hydrogens (tertiary/aromatic N) is 5. The fraction of sp³-hybridized carbons (Fsp3) is 0.524. The van der Waals surface area contributed by atoms with E-state index in [0.717, 1.165) is 51.1 Å². The number of aromatic nitrogens is 5. The van der Waals surface area contributed by atoms with Crippen LogP contribution in [0.1, 0.15) is 37.1 Å². The van der Waals surface area contributed by atoms with Crippen LogP contribution in [-0.2, 0) is 24.0 Å². The Morgan fingerprint density at radius 1 is 1.20 bits per heavy atom. The fourth-order valence-corrected chi connectivity index (χ4v) is 6.00. The molecule has 4 heterocycles. The Kier molecular flexibility index (Phi) is 5.28. The summed E-state index contributed by atoms with van der Waals surface area (Å²) in [5, 5.41) is 14.4. The Balaban J connectivity index is 1.80. The summed E-state index contributed by atoms with van der Waals surface area (Å²) in [4.78, 5) is 11.3. The van der Waals surface area contributed by atoms with Crippen molar-refractivity contribution >= 4 is 55.1 Å². The zero-order valence-electron chi connectivity index (χ0n) is 17.8. The minimum Gasteiger partial charge on any atom is -0.383 e. The molecule has 5 rings (SSSR count). The van der Waals surface area contributed by atoms with Gasteiger partial charge in [-0.05, 0) is 49.0 Å².